The molecule has 1 aromatic rings. The first kappa shape index (κ1) is 22.9. The molecule has 3 heterocycles. The molecular formula is C23H29NO5. The van der Waals surface area contributed by atoms with Gasteiger partial charge in [0.25, 0.3) is 0 Å². The van der Waals surface area contributed by atoms with Crippen molar-refractivity contribution in [2.24, 2.45) is 5.41 Å². The van der Waals surface area contributed by atoms with Crippen LogP contribution in [0.2, 0.25) is 0 Å². The topological polar surface area (TPSA) is 66.0 Å². The molecule has 0 unspecified atom stereocenters. The molecule has 3 saturated heterocycles. The highest BCUT2D eigenvalue weighted by molar-refractivity contribution is 5.73. The second kappa shape index (κ2) is 11.0. The molecule has 1 amide bonds. The zero-order valence-corrected chi connectivity index (χ0v) is 17.4. The monoisotopic (exact) mass is 399 g/mol. The van der Waals surface area contributed by atoms with Gasteiger partial charge < -0.3 is 24.3 Å². The molecule has 1 N–H and O–H groups in total. The van der Waals surface area contributed by atoms with Crippen LogP contribution in [-0.4, -0.2) is 46.0 Å². The summed E-state index contributed by atoms with van der Waals surface area (Å²) in [5.74, 6) is 7.05. The van der Waals surface area contributed by atoms with Crippen LogP contribution in [0.1, 0.15) is 37.8 Å². The molecule has 0 aliphatic carbocycles. The summed E-state index contributed by atoms with van der Waals surface area (Å²) in [6.07, 6.45) is 6.90. The largest absolute Gasteiger partial charge is 0.372 e. The number of amides is 1. The first-order valence-corrected chi connectivity index (χ1v) is 9.67. The normalized spacial score (nSPS) is 24.3. The van der Waals surface area contributed by atoms with Crippen LogP contribution in [0.4, 0.5) is 0 Å². The smallest absolute Gasteiger partial charge is 0.312 e. The van der Waals surface area contributed by atoms with Crippen LogP contribution in [0.5, 0.6) is 0 Å². The molecule has 0 saturated carbocycles. The Balaban J connectivity index is 0.000000537. The minimum atomic E-state index is -1.07. The SMILES string of the molecule is C#CCOC.CCCC12COC(c3ccc(C#CCNC(C)=O)cc3)(OC1)OC2. The zero-order valence-electron chi connectivity index (χ0n) is 17.4. The van der Waals surface area contributed by atoms with Crippen LogP contribution in [-0.2, 0) is 29.7 Å². The highest BCUT2D eigenvalue weighted by atomic mass is 16.9. The lowest BCUT2D eigenvalue weighted by Gasteiger charge is -2.51. The molecule has 1 aromatic carbocycles. The van der Waals surface area contributed by atoms with E-state index in [1.165, 1.54) is 6.92 Å². The van der Waals surface area contributed by atoms with E-state index in [0.29, 0.717) is 33.0 Å². The van der Waals surface area contributed by atoms with Crippen molar-refractivity contribution in [3.05, 3.63) is 35.4 Å². The van der Waals surface area contributed by atoms with Crippen LogP contribution in [0.25, 0.3) is 0 Å². The summed E-state index contributed by atoms with van der Waals surface area (Å²) in [5, 5.41) is 2.64. The average molecular weight is 399 g/mol. The van der Waals surface area contributed by atoms with Gasteiger partial charge in [-0.3, -0.25) is 4.79 Å². The highest BCUT2D eigenvalue weighted by Gasteiger charge is 2.53. The second-order valence-corrected chi connectivity index (χ2v) is 7.10. The van der Waals surface area contributed by atoms with Gasteiger partial charge in [-0.15, -0.1) is 6.42 Å². The number of nitrogens with one attached hydrogen (secondary N) is 1. The van der Waals surface area contributed by atoms with Gasteiger partial charge in [-0.05, 0) is 30.7 Å². The van der Waals surface area contributed by atoms with Crippen LogP contribution < -0.4 is 5.32 Å². The van der Waals surface area contributed by atoms with Crippen molar-refractivity contribution in [2.45, 2.75) is 32.7 Å². The lowest BCUT2D eigenvalue weighted by Crippen LogP contribution is -2.58. The van der Waals surface area contributed by atoms with Crippen molar-refractivity contribution in [2.75, 3.05) is 40.1 Å². The first-order chi connectivity index (χ1) is 14.0. The number of benzene rings is 1. The lowest BCUT2D eigenvalue weighted by atomic mass is 9.83. The maximum atomic E-state index is 10.8. The fourth-order valence-electron chi connectivity index (χ4n) is 3.15. The van der Waals surface area contributed by atoms with Crippen molar-refractivity contribution >= 4 is 5.91 Å². The van der Waals surface area contributed by atoms with Gasteiger partial charge in [0.1, 0.15) is 6.61 Å². The van der Waals surface area contributed by atoms with Crippen molar-refractivity contribution in [3.63, 3.8) is 0 Å². The Morgan fingerprint density at radius 3 is 2.28 bits per heavy atom. The van der Waals surface area contributed by atoms with Crippen LogP contribution in [0, 0.1) is 29.6 Å². The minimum Gasteiger partial charge on any atom is -0.372 e. The lowest BCUT2D eigenvalue weighted by molar-refractivity contribution is -0.480. The predicted molar refractivity (Wildman–Crippen MR) is 110 cm³/mol. The van der Waals surface area contributed by atoms with E-state index in [1.807, 2.05) is 24.3 Å². The van der Waals surface area contributed by atoms with Crippen LogP contribution in [0.15, 0.2) is 24.3 Å². The number of hydrogen-bond donors (Lipinski definition) is 1. The molecule has 3 aliphatic rings. The minimum absolute atomic E-state index is 0.00558. The Morgan fingerprint density at radius 1 is 1.21 bits per heavy atom. The van der Waals surface area contributed by atoms with E-state index in [1.54, 1.807) is 7.11 Å². The summed E-state index contributed by atoms with van der Waals surface area (Å²) in [7, 11) is 1.57. The molecule has 0 aromatic heterocycles. The van der Waals surface area contributed by atoms with Gasteiger partial charge in [0.15, 0.2) is 0 Å². The molecule has 29 heavy (non-hydrogen) atoms. The van der Waals surface area contributed by atoms with Gasteiger partial charge in [0.05, 0.1) is 26.4 Å². The van der Waals surface area contributed by atoms with Crippen molar-refractivity contribution < 1.29 is 23.7 Å². The Hall–Kier alpha value is -2.35. The summed E-state index contributed by atoms with van der Waals surface area (Å²) in [4.78, 5) is 10.8. The number of terminal acetylenes is 1. The maximum Gasteiger partial charge on any atom is 0.312 e. The third-order valence-corrected chi connectivity index (χ3v) is 4.61. The highest BCUT2D eigenvalue weighted by Crippen LogP contribution is 2.46. The third-order valence-electron chi connectivity index (χ3n) is 4.61. The summed E-state index contributed by atoms with van der Waals surface area (Å²) in [5.41, 5.74) is 1.72. The Labute approximate surface area is 173 Å². The van der Waals surface area contributed by atoms with E-state index in [4.69, 9.17) is 20.6 Å². The van der Waals surface area contributed by atoms with Gasteiger partial charge in [0, 0.05) is 30.6 Å². The van der Waals surface area contributed by atoms with E-state index >= 15 is 0 Å². The van der Waals surface area contributed by atoms with Crippen LogP contribution >= 0.6 is 0 Å². The van der Waals surface area contributed by atoms with Gasteiger partial charge in [-0.25, -0.2) is 0 Å². The summed E-state index contributed by atoms with van der Waals surface area (Å²) < 4.78 is 22.3. The first-order valence-electron chi connectivity index (χ1n) is 9.67. The van der Waals surface area contributed by atoms with Crippen LogP contribution in [0.3, 0.4) is 0 Å². The summed E-state index contributed by atoms with van der Waals surface area (Å²) in [6.45, 7) is 6.39. The quantitative estimate of drug-likeness (QED) is 0.771. The van der Waals surface area contributed by atoms with E-state index in [9.17, 15) is 4.79 Å². The number of fused-ring (bicyclic) bond motifs is 3. The van der Waals surface area contributed by atoms with Crippen molar-refractivity contribution in [1.82, 2.24) is 5.32 Å². The number of hydrogen-bond acceptors (Lipinski definition) is 5. The van der Waals surface area contributed by atoms with Crippen molar-refractivity contribution in [3.8, 4) is 24.2 Å². The molecule has 6 heteroatoms. The summed E-state index contributed by atoms with van der Waals surface area (Å²) >= 11 is 0. The molecule has 3 fully saturated rings. The average Bonchev–Trinajstić information content (AvgIpc) is 2.74. The molecular weight excluding hydrogens is 370 g/mol. The number of ether oxygens (including phenoxy) is 4. The number of carbonyl (C=O) groups excluding carboxylic acids is 1. The molecule has 3 aliphatic heterocycles. The molecule has 156 valence electrons. The number of rotatable bonds is 5. The van der Waals surface area contributed by atoms with E-state index in [0.717, 1.165) is 24.0 Å². The maximum absolute atomic E-state index is 10.8. The van der Waals surface area contributed by atoms with Gasteiger partial charge in [0.2, 0.25) is 5.91 Å². The second-order valence-electron chi connectivity index (χ2n) is 7.10. The standard InChI is InChI=1S/C19H23NO4.C4H6O/c1-3-10-18-12-22-19(23-13-18,24-14-18)17-8-6-16(7-9-17)5-4-11-20-15(2)21;1-3-4-5-2/h6-9H,3,10-14H2,1-2H3,(H,20,21);1H,4H2,2H3. The van der Waals surface area contributed by atoms with Gasteiger partial charge >= 0.3 is 5.97 Å². The zero-order chi connectivity index (χ0) is 21.2. The number of carbonyl (C=O) groups is 1. The Bertz CT molecular complexity index is 745. The van der Waals surface area contributed by atoms with Gasteiger partial charge in [-0.1, -0.05) is 31.1 Å². The van der Waals surface area contributed by atoms with Gasteiger partial charge in [-0.2, -0.15) is 0 Å². The molecule has 6 nitrogen and oxygen atoms in total. The van der Waals surface area contributed by atoms with E-state index in [2.05, 4.69) is 34.7 Å². The fourth-order valence-corrected chi connectivity index (χ4v) is 3.15. The van der Waals surface area contributed by atoms with E-state index < -0.39 is 5.97 Å². The van der Waals surface area contributed by atoms with Crippen molar-refractivity contribution in [1.29, 1.82) is 0 Å². The predicted octanol–water partition coefficient (Wildman–Crippen LogP) is 2.41. The fraction of sp³-hybridized carbons (Fsp3) is 0.522. The molecule has 4 rings (SSSR count). The molecule has 0 atom stereocenters. The summed E-state index contributed by atoms with van der Waals surface area (Å²) in [6, 6.07) is 7.65. The Kier molecular flexibility index (Phi) is 8.70. The number of methoxy groups -OCH3 is 1. The third kappa shape index (κ3) is 6.32. The van der Waals surface area contributed by atoms with E-state index in [-0.39, 0.29) is 11.3 Å². The molecule has 0 spiro atoms. The molecule has 2 bridgehead atoms. The molecule has 0 radical (unpaired) electrons. The Morgan fingerprint density at radius 2 is 1.83 bits per heavy atom.